The highest BCUT2D eigenvalue weighted by Gasteiger charge is 2.21. The summed E-state index contributed by atoms with van der Waals surface area (Å²) in [4.78, 5) is 19.3. The van der Waals surface area contributed by atoms with E-state index < -0.39 is 0 Å². The van der Waals surface area contributed by atoms with E-state index in [4.69, 9.17) is 21.1 Å². The highest BCUT2D eigenvalue weighted by molar-refractivity contribution is 7.22. The number of ether oxygens (including phenoxy) is 2. The minimum absolute atomic E-state index is 0.150. The molecule has 0 radical (unpaired) electrons. The Kier molecular flexibility index (Phi) is 6.15. The fourth-order valence-electron chi connectivity index (χ4n) is 2.94. The van der Waals surface area contributed by atoms with Crippen molar-refractivity contribution in [3.63, 3.8) is 0 Å². The van der Waals surface area contributed by atoms with E-state index in [1.54, 1.807) is 41.1 Å². The Balaban J connectivity index is 1.57. The zero-order chi connectivity index (χ0) is 20.9. The third-order valence-electron chi connectivity index (χ3n) is 4.42. The smallest absolute Gasteiger partial charge is 0.266 e. The van der Waals surface area contributed by atoms with Crippen LogP contribution in [0, 0.1) is 0 Å². The molecule has 7 nitrogen and oxygen atoms in total. The molecule has 9 heteroatoms. The van der Waals surface area contributed by atoms with Crippen molar-refractivity contribution in [1.29, 1.82) is 0 Å². The molecule has 0 bridgehead atoms. The molecule has 0 saturated heterocycles. The zero-order valence-electron chi connectivity index (χ0n) is 16.2. The first-order chi connectivity index (χ1) is 14.7. The van der Waals surface area contributed by atoms with Gasteiger partial charge < -0.3 is 9.47 Å². The molecule has 2 aromatic carbocycles. The number of hydrogen-bond donors (Lipinski definition) is 0. The molecule has 1 amide bonds. The third kappa shape index (κ3) is 4.39. The van der Waals surface area contributed by atoms with Crippen molar-refractivity contribution in [1.82, 2.24) is 14.8 Å². The van der Waals surface area contributed by atoms with Gasteiger partial charge >= 0.3 is 0 Å². The number of nitrogens with zero attached hydrogens (tertiary/aromatic N) is 4. The van der Waals surface area contributed by atoms with Gasteiger partial charge in [0.1, 0.15) is 5.52 Å². The van der Waals surface area contributed by atoms with Crippen LogP contribution in [0.1, 0.15) is 0 Å². The van der Waals surface area contributed by atoms with Gasteiger partial charge in [0.05, 0.1) is 23.4 Å². The second-order valence-electron chi connectivity index (χ2n) is 6.34. The van der Waals surface area contributed by atoms with E-state index in [1.807, 2.05) is 36.5 Å². The van der Waals surface area contributed by atoms with Gasteiger partial charge in [0.2, 0.25) is 0 Å². The fraction of sp³-hybridized carbons (Fsp3) is 0.190. The first kappa shape index (κ1) is 20.2. The number of para-hydroxylation sites is 3. The lowest BCUT2D eigenvalue weighted by Crippen LogP contribution is -2.37. The van der Waals surface area contributed by atoms with Gasteiger partial charge in [-0.25, -0.2) is 4.98 Å². The number of amides is 1. The maximum atomic E-state index is 13.1. The number of thiazole rings is 1. The average Bonchev–Trinajstić information content (AvgIpc) is 3.43. The van der Waals surface area contributed by atoms with Crippen LogP contribution in [0.25, 0.3) is 10.2 Å². The average molecular weight is 443 g/mol. The van der Waals surface area contributed by atoms with Crippen LogP contribution in [-0.2, 0) is 11.3 Å². The van der Waals surface area contributed by atoms with Crippen molar-refractivity contribution in [2.45, 2.75) is 6.54 Å². The molecule has 0 unspecified atom stereocenters. The molecule has 30 heavy (non-hydrogen) atoms. The SMILES string of the molecule is COc1ccccc1OCC(=O)N(CCn1cccn1)c1nc2c(Cl)cccc2s1. The summed E-state index contributed by atoms with van der Waals surface area (Å²) < 4.78 is 13.7. The van der Waals surface area contributed by atoms with E-state index in [0.717, 1.165) is 4.70 Å². The molecular weight excluding hydrogens is 424 g/mol. The molecule has 0 N–H and O–H groups in total. The Hall–Kier alpha value is -3.10. The van der Waals surface area contributed by atoms with Crippen LogP contribution in [0.5, 0.6) is 11.5 Å². The van der Waals surface area contributed by atoms with Crippen LogP contribution >= 0.6 is 22.9 Å². The van der Waals surface area contributed by atoms with Gasteiger partial charge in [-0.3, -0.25) is 14.4 Å². The van der Waals surface area contributed by atoms with Crippen LogP contribution in [0.4, 0.5) is 5.13 Å². The van der Waals surface area contributed by atoms with E-state index in [-0.39, 0.29) is 12.5 Å². The summed E-state index contributed by atoms with van der Waals surface area (Å²) in [6, 6.07) is 14.6. The van der Waals surface area contributed by atoms with Crippen molar-refractivity contribution in [3.05, 3.63) is 65.9 Å². The summed E-state index contributed by atoms with van der Waals surface area (Å²) in [5.41, 5.74) is 0.682. The van der Waals surface area contributed by atoms with Crippen molar-refractivity contribution < 1.29 is 14.3 Å². The lowest BCUT2D eigenvalue weighted by molar-refractivity contribution is -0.120. The number of rotatable bonds is 8. The topological polar surface area (TPSA) is 69.5 Å². The first-order valence-electron chi connectivity index (χ1n) is 9.24. The summed E-state index contributed by atoms with van der Waals surface area (Å²) in [5.74, 6) is 0.858. The summed E-state index contributed by atoms with van der Waals surface area (Å²) in [6.45, 7) is 0.771. The fourth-order valence-corrected chi connectivity index (χ4v) is 4.24. The van der Waals surface area contributed by atoms with Gasteiger partial charge in [0.15, 0.2) is 23.2 Å². The van der Waals surface area contributed by atoms with Gasteiger partial charge in [0.25, 0.3) is 5.91 Å². The number of benzene rings is 2. The van der Waals surface area contributed by atoms with E-state index in [0.29, 0.717) is 40.3 Å². The zero-order valence-corrected chi connectivity index (χ0v) is 17.8. The van der Waals surface area contributed by atoms with E-state index in [1.165, 1.54) is 11.3 Å². The second kappa shape index (κ2) is 9.15. The van der Waals surface area contributed by atoms with Crippen molar-refractivity contribution in [3.8, 4) is 11.5 Å². The number of fused-ring (bicyclic) bond motifs is 1. The Labute approximate surface area is 182 Å². The van der Waals surface area contributed by atoms with Gasteiger partial charge in [-0.05, 0) is 30.3 Å². The molecular formula is C21H19ClN4O3S. The Morgan fingerprint density at radius 3 is 2.73 bits per heavy atom. The monoisotopic (exact) mass is 442 g/mol. The molecule has 154 valence electrons. The van der Waals surface area contributed by atoms with Gasteiger partial charge in [-0.1, -0.05) is 41.1 Å². The summed E-state index contributed by atoms with van der Waals surface area (Å²) >= 11 is 7.69. The van der Waals surface area contributed by atoms with E-state index in [2.05, 4.69) is 10.1 Å². The van der Waals surface area contributed by atoms with Crippen LogP contribution in [0.2, 0.25) is 5.02 Å². The maximum Gasteiger partial charge on any atom is 0.266 e. The first-order valence-corrected chi connectivity index (χ1v) is 10.4. The largest absolute Gasteiger partial charge is 0.493 e. The molecule has 2 aromatic heterocycles. The molecule has 0 atom stereocenters. The molecule has 0 aliphatic heterocycles. The Morgan fingerprint density at radius 1 is 1.17 bits per heavy atom. The Bertz CT molecular complexity index is 1150. The normalized spacial score (nSPS) is 10.9. The quantitative estimate of drug-likeness (QED) is 0.407. The number of halogens is 1. The lowest BCUT2D eigenvalue weighted by Gasteiger charge is -2.20. The van der Waals surface area contributed by atoms with Crippen LogP contribution < -0.4 is 14.4 Å². The van der Waals surface area contributed by atoms with Gasteiger partial charge in [-0.2, -0.15) is 5.10 Å². The molecule has 0 saturated carbocycles. The molecule has 0 aliphatic carbocycles. The molecule has 0 spiro atoms. The van der Waals surface area contributed by atoms with Crippen molar-refractivity contribution in [2.24, 2.45) is 0 Å². The molecule has 0 fully saturated rings. The Morgan fingerprint density at radius 2 is 2.00 bits per heavy atom. The maximum absolute atomic E-state index is 13.1. The number of methoxy groups -OCH3 is 1. The minimum atomic E-state index is -0.219. The number of anilines is 1. The van der Waals surface area contributed by atoms with E-state index >= 15 is 0 Å². The third-order valence-corrected chi connectivity index (χ3v) is 5.77. The lowest BCUT2D eigenvalue weighted by atomic mass is 10.3. The van der Waals surface area contributed by atoms with Crippen LogP contribution in [0.15, 0.2) is 60.9 Å². The molecule has 2 heterocycles. The van der Waals surface area contributed by atoms with Crippen molar-refractivity contribution >= 4 is 44.2 Å². The molecule has 0 aliphatic rings. The summed E-state index contributed by atoms with van der Waals surface area (Å²) in [6.07, 6.45) is 3.55. The molecule has 4 aromatic rings. The number of hydrogen-bond acceptors (Lipinski definition) is 6. The summed E-state index contributed by atoms with van der Waals surface area (Å²) in [7, 11) is 1.56. The highest BCUT2D eigenvalue weighted by atomic mass is 35.5. The highest BCUT2D eigenvalue weighted by Crippen LogP contribution is 2.33. The predicted octanol–water partition coefficient (Wildman–Crippen LogP) is 4.27. The second-order valence-corrected chi connectivity index (χ2v) is 7.75. The summed E-state index contributed by atoms with van der Waals surface area (Å²) in [5, 5.41) is 5.33. The minimum Gasteiger partial charge on any atom is -0.493 e. The number of aromatic nitrogens is 3. The number of carbonyl (C=O) groups excluding carboxylic acids is 1. The predicted molar refractivity (Wildman–Crippen MR) is 118 cm³/mol. The van der Waals surface area contributed by atoms with Gasteiger partial charge in [-0.15, -0.1) is 0 Å². The van der Waals surface area contributed by atoms with Crippen LogP contribution in [0.3, 0.4) is 0 Å². The van der Waals surface area contributed by atoms with Crippen molar-refractivity contribution in [2.75, 3.05) is 25.2 Å². The standard InChI is InChI=1S/C21H19ClN4O3S/c1-28-16-7-2-3-8-17(16)29-14-19(27)26(13-12-25-11-5-10-23-25)21-24-20-15(22)6-4-9-18(20)30-21/h2-11H,12-14H2,1H3. The van der Waals surface area contributed by atoms with Crippen LogP contribution in [-0.4, -0.2) is 40.9 Å². The number of carbonyl (C=O) groups is 1. The van der Waals surface area contributed by atoms with Gasteiger partial charge in [0, 0.05) is 18.9 Å². The van der Waals surface area contributed by atoms with E-state index in [9.17, 15) is 4.79 Å². The molecule has 4 rings (SSSR count).